The maximum Gasteiger partial charge on any atom is 0.185 e. The van der Waals surface area contributed by atoms with Crippen molar-refractivity contribution in [1.29, 1.82) is 5.26 Å². The van der Waals surface area contributed by atoms with E-state index >= 15 is 0 Å². The first-order valence-corrected chi connectivity index (χ1v) is 4.87. The van der Waals surface area contributed by atoms with E-state index < -0.39 is 0 Å². The Labute approximate surface area is 96.9 Å². The molecule has 16 heavy (non-hydrogen) atoms. The highest BCUT2D eigenvalue weighted by Crippen LogP contribution is 2.27. The maximum atomic E-state index is 10.5. The van der Waals surface area contributed by atoms with Gasteiger partial charge in [-0.2, -0.15) is 5.26 Å². The van der Waals surface area contributed by atoms with Crippen molar-refractivity contribution in [2.75, 3.05) is 0 Å². The molecular weight excluding hydrogens is 226 g/mol. The van der Waals surface area contributed by atoms with Gasteiger partial charge in [0.1, 0.15) is 5.76 Å². The zero-order valence-corrected chi connectivity index (χ0v) is 8.86. The molecule has 0 aliphatic rings. The maximum absolute atomic E-state index is 10.5. The summed E-state index contributed by atoms with van der Waals surface area (Å²) < 4.78 is 5.24. The van der Waals surface area contributed by atoms with Crippen LogP contribution in [0.15, 0.2) is 34.7 Å². The number of furan rings is 1. The summed E-state index contributed by atoms with van der Waals surface area (Å²) in [6.45, 7) is 0. The van der Waals surface area contributed by atoms with Gasteiger partial charge < -0.3 is 4.42 Å². The van der Waals surface area contributed by atoms with E-state index in [9.17, 15) is 4.79 Å². The fourth-order valence-corrected chi connectivity index (χ4v) is 1.56. The molecule has 0 saturated heterocycles. The second-order valence-corrected chi connectivity index (χ2v) is 3.56. The molecule has 0 radical (unpaired) electrons. The molecule has 0 aliphatic carbocycles. The predicted octanol–water partition coefficient (Wildman–Crippen LogP) is 3.28. The van der Waals surface area contributed by atoms with Crippen LogP contribution in [0.2, 0.25) is 5.02 Å². The summed E-state index contributed by atoms with van der Waals surface area (Å²) in [6, 6.07) is 10.1. The first kappa shape index (κ1) is 10.5. The average Bonchev–Trinajstić information content (AvgIpc) is 2.77. The number of carbonyl (C=O) groups is 1. The summed E-state index contributed by atoms with van der Waals surface area (Å²) in [5, 5.41) is 9.44. The summed E-state index contributed by atoms with van der Waals surface area (Å²) in [5.74, 6) is 0.712. The lowest BCUT2D eigenvalue weighted by Crippen LogP contribution is -1.82. The van der Waals surface area contributed by atoms with Crippen molar-refractivity contribution in [3.63, 3.8) is 0 Å². The smallest absolute Gasteiger partial charge is 0.185 e. The summed E-state index contributed by atoms with van der Waals surface area (Å²) >= 11 is 5.78. The lowest BCUT2D eigenvalue weighted by molar-refractivity contribution is 0.110. The van der Waals surface area contributed by atoms with Crippen LogP contribution >= 0.6 is 11.6 Å². The predicted molar refractivity (Wildman–Crippen MR) is 59.3 cm³/mol. The van der Waals surface area contributed by atoms with Crippen LogP contribution in [0, 0.1) is 11.3 Å². The van der Waals surface area contributed by atoms with Gasteiger partial charge in [0.25, 0.3) is 0 Å². The van der Waals surface area contributed by atoms with Crippen molar-refractivity contribution >= 4 is 17.9 Å². The lowest BCUT2D eigenvalue weighted by Gasteiger charge is -2.00. The first-order chi connectivity index (χ1) is 7.74. The molecule has 0 N–H and O–H groups in total. The zero-order chi connectivity index (χ0) is 11.5. The van der Waals surface area contributed by atoms with Crippen LogP contribution in [-0.2, 0) is 0 Å². The molecule has 0 spiro atoms. The second kappa shape index (κ2) is 4.21. The molecule has 1 aromatic heterocycles. The fraction of sp³-hybridized carbons (Fsp3) is 0. The summed E-state index contributed by atoms with van der Waals surface area (Å²) in [7, 11) is 0. The van der Waals surface area contributed by atoms with Gasteiger partial charge in [-0.3, -0.25) is 4.79 Å². The average molecular weight is 232 g/mol. The highest BCUT2D eigenvalue weighted by molar-refractivity contribution is 6.30. The van der Waals surface area contributed by atoms with Gasteiger partial charge in [0.05, 0.1) is 11.6 Å². The number of carbonyl (C=O) groups excluding carboxylic acids is 1. The minimum Gasteiger partial charge on any atom is -0.453 e. The Bertz CT molecular complexity index is 581. The summed E-state index contributed by atoms with van der Waals surface area (Å²) in [4.78, 5) is 10.5. The largest absolute Gasteiger partial charge is 0.453 e. The summed E-state index contributed by atoms with van der Waals surface area (Å²) in [5.41, 5.74) is 1.04. The molecule has 0 bridgehead atoms. The van der Waals surface area contributed by atoms with Gasteiger partial charge in [0, 0.05) is 10.6 Å². The third kappa shape index (κ3) is 1.83. The number of rotatable bonds is 2. The van der Waals surface area contributed by atoms with Gasteiger partial charge in [-0.1, -0.05) is 11.6 Å². The standard InChI is InChI=1S/C12H6ClNO2/c13-9-1-3-11(8(5-9)6-14)12-4-2-10(7-15)16-12/h1-5,7H. The number of benzene rings is 1. The van der Waals surface area contributed by atoms with Crippen molar-refractivity contribution in [3.05, 3.63) is 46.7 Å². The quantitative estimate of drug-likeness (QED) is 0.746. The Morgan fingerprint density at radius 2 is 2.12 bits per heavy atom. The molecule has 0 unspecified atom stereocenters. The van der Waals surface area contributed by atoms with E-state index in [1.165, 1.54) is 0 Å². The number of nitrogens with zero attached hydrogens (tertiary/aromatic N) is 1. The zero-order valence-electron chi connectivity index (χ0n) is 8.11. The van der Waals surface area contributed by atoms with Gasteiger partial charge >= 0.3 is 0 Å². The third-order valence-electron chi connectivity index (χ3n) is 2.11. The van der Waals surface area contributed by atoms with Crippen molar-refractivity contribution in [1.82, 2.24) is 0 Å². The van der Waals surface area contributed by atoms with Crippen LogP contribution in [0.4, 0.5) is 0 Å². The third-order valence-corrected chi connectivity index (χ3v) is 2.35. The van der Waals surface area contributed by atoms with Crippen LogP contribution in [-0.4, -0.2) is 6.29 Å². The molecule has 3 nitrogen and oxygen atoms in total. The Hall–Kier alpha value is -2.05. The van der Waals surface area contributed by atoms with Crippen LogP contribution < -0.4 is 0 Å². The minimum absolute atomic E-state index is 0.230. The topological polar surface area (TPSA) is 54.0 Å². The Balaban J connectivity index is 2.55. The molecule has 1 aromatic carbocycles. The van der Waals surface area contributed by atoms with Crippen molar-refractivity contribution in [3.8, 4) is 17.4 Å². The Morgan fingerprint density at radius 1 is 1.31 bits per heavy atom. The molecule has 0 atom stereocenters. The molecular formula is C12H6ClNO2. The van der Waals surface area contributed by atoms with E-state index in [1.807, 2.05) is 6.07 Å². The van der Waals surface area contributed by atoms with E-state index in [1.54, 1.807) is 30.3 Å². The van der Waals surface area contributed by atoms with E-state index in [0.29, 0.717) is 28.2 Å². The Morgan fingerprint density at radius 3 is 2.75 bits per heavy atom. The van der Waals surface area contributed by atoms with Crippen molar-refractivity contribution < 1.29 is 9.21 Å². The Kier molecular flexibility index (Phi) is 2.76. The van der Waals surface area contributed by atoms with E-state index in [2.05, 4.69) is 0 Å². The SMILES string of the molecule is N#Cc1cc(Cl)ccc1-c1ccc(C=O)o1. The molecule has 4 heteroatoms. The number of aldehydes is 1. The molecule has 0 aliphatic heterocycles. The van der Waals surface area contributed by atoms with Gasteiger partial charge in [-0.15, -0.1) is 0 Å². The van der Waals surface area contributed by atoms with Gasteiger partial charge in [0.15, 0.2) is 12.0 Å². The van der Waals surface area contributed by atoms with Gasteiger partial charge in [0.2, 0.25) is 0 Å². The first-order valence-electron chi connectivity index (χ1n) is 4.49. The number of halogens is 1. The molecule has 2 rings (SSSR count). The molecule has 0 saturated carbocycles. The van der Waals surface area contributed by atoms with E-state index in [0.717, 1.165) is 0 Å². The second-order valence-electron chi connectivity index (χ2n) is 3.12. The summed E-state index contributed by atoms with van der Waals surface area (Å²) in [6.07, 6.45) is 0.617. The highest BCUT2D eigenvalue weighted by atomic mass is 35.5. The molecule has 0 fully saturated rings. The molecule has 78 valence electrons. The van der Waals surface area contributed by atoms with E-state index in [4.69, 9.17) is 21.3 Å². The normalized spacial score (nSPS) is 9.75. The van der Waals surface area contributed by atoms with Crippen LogP contribution in [0.3, 0.4) is 0 Å². The van der Waals surface area contributed by atoms with Crippen LogP contribution in [0.25, 0.3) is 11.3 Å². The van der Waals surface area contributed by atoms with Gasteiger partial charge in [-0.25, -0.2) is 0 Å². The van der Waals surface area contributed by atoms with Gasteiger partial charge in [-0.05, 0) is 30.3 Å². The highest BCUT2D eigenvalue weighted by Gasteiger charge is 2.09. The number of nitriles is 1. The fourth-order valence-electron chi connectivity index (χ4n) is 1.38. The minimum atomic E-state index is 0.230. The lowest BCUT2D eigenvalue weighted by atomic mass is 10.1. The van der Waals surface area contributed by atoms with Crippen molar-refractivity contribution in [2.24, 2.45) is 0 Å². The molecule has 2 aromatic rings. The molecule has 1 heterocycles. The van der Waals surface area contributed by atoms with Crippen LogP contribution in [0.1, 0.15) is 16.1 Å². The monoisotopic (exact) mass is 231 g/mol. The van der Waals surface area contributed by atoms with Crippen molar-refractivity contribution in [2.45, 2.75) is 0 Å². The number of hydrogen-bond acceptors (Lipinski definition) is 3. The molecule has 0 amide bonds. The van der Waals surface area contributed by atoms with Crippen LogP contribution in [0.5, 0.6) is 0 Å². The van der Waals surface area contributed by atoms with E-state index in [-0.39, 0.29) is 5.76 Å². The number of hydrogen-bond donors (Lipinski definition) is 0.